The van der Waals surface area contributed by atoms with E-state index in [-0.39, 0.29) is 19.1 Å². The van der Waals surface area contributed by atoms with Crippen molar-refractivity contribution in [1.29, 1.82) is 0 Å². The number of aryl methyl sites for hydroxylation is 1. The van der Waals surface area contributed by atoms with Gasteiger partial charge in [-0.05, 0) is 43.9 Å². The monoisotopic (exact) mass is 564 g/mol. The molecule has 0 bridgehead atoms. The van der Waals surface area contributed by atoms with Crippen LogP contribution < -0.4 is 10.1 Å². The normalized spacial score (nSPS) is 16.7. The third-order valence-corrected chi connectivity index (χ3v) is 7.74. The molecule has 2 atom stereocenters. The van der Waals surface area contributed by atoms with Gasteiger partial charge in [-0.25, -0.2) is 19.2 Å². The minimum atomic E-state index is -1.33. The maximum absolute atomic E-state index is 13.4. The van der Waals surface area contributed by atoms with Crippen LogP contribution in [-0.2, 0) is 20.0 Å². The van der Waals surface area contributed by atoms with Crippen molar-refractivity contribution < 1.29 is 28.9 Å². The summed E-state index contributed by atoms with van der Waals surface area (Å²) in [6.07, 6.45) is 0.869. The number of imidazole rings is 1. The van der Waals surface area contributed by atoms with Crippen molar-refractivity contribution in [2.45, 2.75) is 44.9 Å². The van der Waals surface area contributed by atoms with Crippen LogP contribution in [0.2, 0.25) is 0 Å². The largest absolute Gasteiger partial charge is 0.489 e. The number of nitrogens with one attached hydrogen (secondary N) is 1. The molecule has 2 aliphatic rings. The second-order valence-electron chi connectivity index (χ2n) is 11.1. The molecule has 0 saturated heterocycles. The molecular weight excluding hydrogens is 531 g/mol. The molecule has 3 aromatic heterocycles. The summed E-state index contributed by atoms with van der Waals surface area (Å²) >= 11 is 0. The summed E-state index contributed by atoms with van der Waals surface area (Å²) in [6, 6.07) is 8.71. The second kappa shape index (κ2) is 10.7. The molecular formula is C29H33FN6O5. The van der Waals surface area contributed by atoms with Crippen molar-refractivity contribution in [2.24, 2.45) is 13.0 Å². The third kappa shape index (κ3) is 5.19. The summed E-state index contributed by atoms with van der Waals surface area (Å²) in [7, 11) is 1.91. The Morgan fingerprint density at radius 2 is 2.07 bits per heavy atom. The van der Waals surface area contributed by atoms with Crippen LogP contribution >= 0.6 is 0 Å². The van der Waals surface area contributed by atoms with Crippen molar-refractivity contribution in [3.8, 4) is 17.3 Å². The van der Waals surface area contributed by atoms with E-state index in [9.17, 15) is 19.1 Å². The molecule has 0 unspecified atom stereocenters. The molecule has 1 aromatic carbocycles. The Morgan fingerprint density at radius 3 is 2.78 bits per heavy atom. The van der Waals surface area contributed by atoms with Gasteiger partial charge < -0.3 is 34.3 Å². The fourth-order valence-corrected chi connectivity index (χ4v) is 5.56. The molecule has 11 nitrogen and oxygen atoms in total. The first kappa shape index (κ1) is 27.0. The number of hydrogen-bond donors (Lipinski definition) is 3. The van der Waals surface area contributed by atoms with Gasteiger partial charge in [0.25, 0.3) is 5.91 Å². The Labute approximate surface area is 235 Å². The zero-order valence-electron chi connectivity index (χ0n) is 23.0. The summed E-state index contributed by atoms with van der Waals surface area (Å²) in [5.74, 6) is 1.67. The predicted octanol–water partition coefficient (Wildman–Crippen LogP) is 3.36. The third-order valence-electron chi connectivity index (χ3n) is 7.74. The highest BCUT2D eigenvalue weighted by molar-refractivity contribution is 5.99. The van der Waals surface area contributed by atoms with Crippen LogP contribution in [0.25, 0.3) is 33.6 Å². The number of alkyl halides is 1. The maximum atomic E-state index is 13.4. The van der Waals surface area contributed by atoms with E-state index in [4.69, 9.17) is 19.8 Å². The highest BCUT2D eigenvalue weighted by atomic mass is 19.1. The number of hydrogen-bond acceptors (Lipinski definition) is 6. The molecule has 2 amide bonds. The summed E-state index contributed by atoms with van der Waals surface area (Å²) in [5, 5.41) is 21.9. The van der Waals surface area contributed by atoms with Crippen molar-refractivity contribution in [3.05, 3.63) is 41.6 Å². The van der Waals surface area contributed by atoms with Gasteiger partial charge in [0, 0.05) is 38.5 Å². The predicted molar refractivity (Wildman–Crippen MR) is 150 cm³/mol. The number of aliphatic hydroxyl groups excluding tert-OH is 1. The number of carboxylic acid groups (broad SMARTS) is 1. The number of rotatable bonds is 10. The zero-order valence-corrected chi connectivity index (χ0v) is 23.0. The smallest absolute Gasteiger partial charge is 0.405 e. The van der Waals surface area contributed by atoms with Crippen LogP contribution in [0.5, 0.6) is 5.75 Å². The molecule has 4 aromatic rings. The molecule has 41 heavy (non-hydrogen) atoms. The number of aliphatic hydroxyl groups is 1. The molecule has 6 rings (SSSR count). The van der Waals surface area contributed by atoms with E-state index >= 15 is 0 Å². The van der Waals surface area contributed by atoms with Crippen molar-refractivity contribution in [1.82, 2.24) is 29.3 Å². The molecule has 1 aliphatic carbocycles. The number of pyridine rings is 1. The Hall–Kier alpha value is -4.19. The topological polar surface area (TPSA) is 135 Å². The molecule has 1 fully saturated rings. The first-order valence-corrected chi connectivity index (χ1v) is 13.9. The van der Waals surface area contributed by atoms with Gasteiger partial charge in [-0.1, -0.05) is 12.1 Å². The van der Waals surface area contributed by atoms with Crippen LogP contribution in [0.3, 0.4) is 0 Å². The van der Waals surface area contributed by atoms with E-state index in [1.807, 2.05) is 29.8 Å². The quantitative estimate of drug-likeness (QED) is 0.269. The number of halogens is 1. The highest BCUT2D eigenvalue weighted by Crippen LogP contribution is 2.39. The number of para-hydroxylation sites is 1. The molecule has 0 spiro atoms. The number of carbonyl (C=O) groups is 2. The van der Waals surface area contributed by atoms with Crippen molar-refractivity contribution in [3.63, 3.8) is 0 Å². The van der Waals surface area contributed by atoms with Gasteiger partial charge in [-0.3, -0.25) is 4.79 Å². The van der Waals surface area contributed by atoms with E-state index in [0.29, 0.717) is 52.9 Å². The van der Waals surface area contributed by atoms with Crippen LogP contribution in [0.1, 0.15) is 35.8 Å². The lowest BCUT2D eigenvalue weighted by atomic mass is 10.0. The van der Waals surface area contributed by atoms with Crippen LogP contribution in [0.15, 0.2) is 30.3 Å². The summed E-state index contributed by atoms with van der Waals surface area (Å²) < 4.78 is 23.6. The molecule has 216 valence electrons. The van der Waals surface area contributed by atoms with Gasteiger partial charge in [0.1, 0.15) is 24.5 Å². The maximum Gasteiger partial charge on any atom is 0.405 e. The van der Waals surface area contributed by atoms with Gasteiger partial charge in [0.15, 0.2) is 11.5 Å². The number of aromatic nitrogens is 4. The van der Waals surface area contributed by atoms with E-state index < -0.39 is 24.9 Å². The van der Waals surface area contributed by atoms with E-state index in [2.05, 4.69) is 16.0 Å². The first-order valence-electron chi connectivity index (χ1n) is 13.9. The van der Waals surface area contributed by atoms with Gasteiger partial charge in [0.05, 0.1) is 34.6 Å². The number of amides is 2. The SMILES string of the molecule is C[C@H](O)COc1cccc2cc(-c3nc4cc5c(nc4n3C)CCN(C[C@@H](CF)NC(=O)O)C5=O)n(CC3CC3)c12. The minimum Gasteiger partial charge on any atom is -0.489 e. The first-order chi connectivity index (χ1) is 19.7. The fraction of sp³-hybridized carbons (Fsp3) is 0.448. The van der Waals surface area contributed by atoms with Gasteiger partial charge in [0.2, 0.25) is 0 Å². The number of nitrogens with zero attached hydrogens (tertiary/aromatic N) is 5. The standard InChI is InChI=1S/C29H33FN6O5/c1-16(37)15-41-24-5-3-4-18-10-23(36(25(18)24)13-17-6-7-17)27-33-22-11-20-21(32-26(22)34(27)2)8-9-35(28(20)38)14-19(12-30)31-29(39)40/h3-5,10-11,16-17,19,31,37H,6-9,12-15H2,1-2H3,(H,39,40)/t16-,19+/m0/s1. The van der Waals surface area contributed by atoms with Gasteiger partial charge in [-0.15, -0.1) is 0 Å². The number of ether oxygens (including phenoxy) is 1. The molecule has 1 aliphatic heterocycles. The minimum absolute atomic E-state index is 0.0622. The molecule has 12 heteroatoms. The molecule has 0 radical (unpaired) electrons. The lowest BCUT2D eigenvalue weighted by Crippen LogP contribution is -2.48. The number of fused-ring (bicyclic) bond motifs is 3. The van der Waals surface area contributed by atoms with E-state index in [1.54, 1.807) is 13.0 Å². The van der Waals surface area contributed by atoms with Crippen LogP contribution in [-0.4, -0.2) is 84.7 Å². The average Bonchev–Trinajstić information content (AvgIpc) is 3.61. The van der Waals surface area contributed by atoms with E-state index in [1.165, 1.54) is 4.90 Å². The Morgan fingerprint density at radius 1 is 1.27 bits per heavy atom. The number of benzene rings is 1. The van der Waals surface area contributed by atoms with Crippen LogP contribution in [0.4, 0.5) is 9.18 Å². The molecule has 3 N–H and O–H groups in total. The summed E-state index contributed by atoms with van der Waals surface area (Å²) in [4.78, 5) is 35.5. The van der Waals surface area contributed by atoms with Gasteiger partial charge in [-0.2, -0.15) is 0 Å². The Bertz CT molecular complexity index is 1640. The average molecular weight is 565 g/mol. The zero-order chi connectivity index (χ0) is 28.8. The summed E-state index contributed by atoms with van der Waals surface area (Å²) in [5.41, 5.74) is 4.13. The van der Waals surface area contributed by atoms with Crippen molar-refractivity contribution in [2.75, 3.05) is 26.4 Å². The molecule has 4 heterocycles. The Kier molecular flexibility index (Phi) is 7.02. The molecule has 1 saturated carbocycles. The number of carbonyl (C=O) groups excluding carboxylic acids is 1. The van der Waals surface area contributed by atoms with Gasteiger partial charge >= 0.3 is 6.09 Å². The highest BCUT2D eigenvalue weighted by Gasteiger charge is 2.31. The fourth-order valence-electron chi connectivity index (χ4n) is 5.56. The lowest BCUT2D eigenvalue weighted by molar-refractivity contribution is 0.0712. The second-order valence-corrected chi connectivity index (χ2v) is 11.1. The summed E-state index contributed by atoms with van der Waals surface area (Å²) in [6.45, 7) is 2.04. The van der Waals surface area contributed by atoms with Crippen LogP contribution in [0, 0.1) is 5.92 Å². The lowest BCUT2D eigenvalue weighted by Gasteiger charge is -2.30. The van der Waals surface area contributed by atoms with Crippen molar-refractivity contribution >= 4 is 34.1 Å². The van der Waals surface area contributed by atoms with E-state index in [0.717, 1.165) is 36.0 Å². The Balaban J connectivity index is 1.39.